The number of hydrogen-bond acceptors (Lipinski definition) is 7. The number of nitrogens with zero attached hydrogens (tertiary/aromatic N) is 5. The number of nitrogens with two attached hydrogens (primary N) is 1. The smallest absolute Gasteiger partial charge is 0.293 e. The monoisotopic (exact) mass is 447 g/mol. The van der Waals surface area contributed by atoms with Crippen molar-refractivity contribution < 1.29 is 15.0 Å². The molecule has 0 aliphatic carbocycles. The largest absolute Gasteiger partial charge is 0.436 e. The molecule has 33 heavy (non-hydrogen) atoms. The van der Waals surface area contributed by atoms with Crippen LogP contribution in [0.15, 0.2) is 58.3 Å². The lowest BCUT2D eigenvalue weighted by Gasteiger charge is -2.08. The van der Waals surface area contributed by atoms with Crippen LogP contribution in [0, 0.1) is 26.6 Å². The third-order valence-corrected chi connectivity index (χ3v) is 4.75. The van der Waals surface area contributed by atoms with Gasteiger partial charge in [0.05, 0.1) is 17.0 Å². The Balaban J connectivity index is 0.00000324. The first kappa shape index (κ1) is 21.8. The second kappa shape index (κ2) is 8.95. The van der Waals surface area contributed by atoms with E-state index in [2.05, 4.69) is 30.2 Å². The van der Waals surface area contributed by atoms with Crippen LogP contribution in [0.1, 0.15) is 34.7 Å². The highest BCUT2D eigenvalue weighted by molar-refractivity contribution is 6.04. The highest BCUT2D eigenvalue weighted by atomic mass is 19.1. The minimum Gasteiger partial charge on any atom is -0.436 e. The summed E-state index contributed by atoms with van der Waals surface area (Å²) in [6, 6.07) is 7.74. The lowest BCUT2D eigenvalue weighted by Crippen LogP contribution is -2.17. The highest BCUT2D eigenvalue weighted by Gasteiger charge is 2.17. The van der Waals surface area contributed by atoms with Crippen molar-refractivity contribution in [1.29, 1.82) is 0 Å². The fraction of sp³-hybridized carbons (Fsp3) is 0.130. The molecule has 0 radical (unpaired) electrons. The number of pyridine rings is 1. The first-order valence-corrected chi connectivity index (χ1v) is 9.95. The molecule has 168 valence electrons. The van der Waals surface area contributed by atoms with Crippen LogP contribution in [0.3, 0.4) is 0 Å². The molecule has 0 bridgehead atoms. The molecule has 0 aliphatic rings. The first-order chi connectivity index (χ1) is 15.8. The number of halogens is 1. The zero-order chi connectivity index (χ0) is 23.5. The molecule has 10 heteroatoms. The van der Waals surface area contributed by atoms with Gasteiger partial charge in [-0.2, -0.15) is 4.99 Å². The average Bonchev–Trinajstić information content (AvgIpc) is 3.14. The number of benzene rings is 1. The molecular formula is C23H22FN7O2. The zero-order valence-electron chi connectivity index (χ0n) is 18.1. The first-order valence-electron chi connectivity index (χ1n) is 9.95. The SMILES string of the molecule is Cc1nc(C)c(C(=O)Nc2ccc(F)c(/C(N)=N/c3ncc(-c4ncccc4C)cn3)c2)o1.[HH]. The molecule has 0 aliphatic heterocycles. The van der Waals surface area contributed by atoms with Crippen LogP contribution in [0.2, 0.25) is 0 Å². The van der Waals surface area contributed by atoms with Crippen LogP contribution in [0.5, 0.6) is 0 Å². The molecule has 9 nitrogen and oxygen atoms in total. The predicted octanol–water partition coefficient (Wildman–Crippen LogP) is 4.13. The molecule has 4 aromatic rings. The average molecular weight is 447 g/mol. The lowest BCUT2D eigenvalue weighted by atomic mass is 10.1. The van der Waals surface area contributed by atoms with E-state index in [9.17, 15) is 9.18 Å². The number of carbonyl (C=O) groups excluding carboxylic acids is 1. The van der Waals surface area contributed by atoms with Crippen LogP contribution >= 0.6 is 0 Å². The van der Waals surface area contributed by atoms with Crippen LogP contribution in [0.25, 0.3) is 11.3 Å². The maximum atomic E-state index is 14.4. The Hall–Kier alpha value is -4.47. The quantitative estimate of drug-likeness (QED) is 0.347. The number of aliphatic imine (C=N–C) groups is 1. The second-order valence-electron chi connectivity index (χ2n) is 7.23. The van der Waals surface area contributed by atoms with Gasteiger partial charge in [0.2, 0.25) is 5.76 Å². The Morgan fingerprint density at radius 1 is 1.15 bits per heavy atom. The topological polar surface area (TPSA) is 132 Å². The van der Waals surface area contributed by atoms with Gasteiger partial charge < -0.3 is 15.5 Å². The van der Waals surface area contributed by atoms with E-state index in [0.717, 1.165) is 16.8 Å². The molecular weight excluding hydrogens is 425 g/mol. The van der Waals surface area contributed by atoms with E-state index >= 15 is 0 Å². The van der Waals surface area contributed by atoms with E-state index < -0.39 is 11.7 Å². The van der Waals surface area contributed by atoms with E-state index in [1.54, 1.807) is 32.4 Å². The van der Waals surface area contributed by atoms with Gasteiger partial charge in [0.1, 0.15) is 11.7 Å². The van der Waals surface area contributed by atoms with E-state index in [1.165, 1.54) is 18.2 Å². The number of anilines is 1. The summed E-state index contributed by atoms with van der Waals surface area (Å²) in [5.41, 5.74) is 9.23. The summed E-state index contributed by atoms with van der Waals surface area (Å²) in [6.45, 7) is 5.24. The second-order valence-corrected chi connectivity index (χ2v) is 7.23. The van der Waals surface area contributed by atoms with Crippen molar-refractivity contribution in [3.63, 3.8) is 0 Å². The van der Waals surface area contributed by atoms with Crippen LogP contribution < -0.4 is 11.1 Å². The van der Waals surface area contributed by atoms with E-state index in [0.29, 0.717) is 17.3 Å². The Kier molecular flexibility index (Phi) is 5.90. The van der Waals surface area contributed by atoms with Crippen LogP contribution in [0.4, 0.5) is 16.0 Å². The van der Waals surface area contributed by atoms with Crippen molar-refractivity contribution in [2.45, 2.75) is 20.8 Å². The number of hydrogen-bond donors (Lipinski definition) is 2. The molecule has 4 rings (SSSR count). The van der Waals surface area contributed by atoms with Gasteiger partial charge in [0.25, 0.3) is 11.9 Å². The van der Waals surface area contributed by atoms with Crippen molar-refractivity contribution in [3.8, 4) is 11.3 Å². The van der Waals surface area contributed by atoms with Gasteiger partial charge in [-0.3, -0.25) is 9.78 Å². The van der Waals surface area contributed by atoms with Crippen molar-refractivity contribution in [2.75, 3.05) is 5.32 Å². The van der Waals surface area contributed by atoms with Crippen molar-refractivity contribution >= 4 is 23.4 Å². The van der Waals surface area contributed by atoms with E-state index in [1.807, 2.05) is 19.1 Å². The summed E-state index contributed by atoms with van der Waals surface area (Å²) in [7, 11) is 0. The Morgan fingerprint density at radius 3 is 2.58 bits per heavy atom. The summed E-state index contributed by atoms with van der Waals surface area (Å²) in [5.74, 6) is -0.746. The number of carbonyl (C=O) groups is 1. The molecule has 0 unspecified atom stereocenters. The molecule has 3 heterocycles. The summed E-state index contributed by atoms with van der Waals surface area (Å²) in [6.07, 6.45) is 4.83. The normalized spacial score (nSPS) is 11.5. The number of nitrogens with one attached hydrogen (secondary N) is 1. The molecule has 0 saturated carbocycles. The molecule has 1 amide bonds. The van der Waals surface area contributed by atoms with Gasteiger partial charge in [-0.05, 0) is 43.7 Å². The molecule has 3 aromatic heterocycles. The Labute approximate surface area is 190 Å². The van der Waals surface area contributed by atoms with Gasteiger partial charge in [0.15, 0.2) is 5.89 Å². The fourth-order valence-electron chi connectivity index (χ4n) is 3.19. The summed E-state index contributed by atoms with van der Waals surface area (Å²) in [5, 5.41) is 2.64. The number of rotatable bonds is 5. The van der Waals surface area contributed by atoms with Gasteiger partial charge in [-0.25, -0.2) is 19.3 Å². The molecule has 0 atom stereocenters. The van der Waals surface area contributed by atoms with Crippen molar-refractivity contribution in [3.05, 3.63) is 83.2 Å². The third-order valence-electron chi connectivity index (χ3n) is 4.75. The number of aromatic nitrogens is 4. The van der Waals surface area contributed by atoms with Crippen LogP contribution in [-0.4, -0.2) is 31.7 Å². The maximum Gasteiger partial charge on any atom is 0.293 e. The maximum absolute atomic E-state index is 14.4. The third kappa shape index (κ3) is 4.74. The van der Waals surface area contributed by atoms with Gasteiger partial charge in [-0.15, -0.1) is 0 Å². The number of amidine groups is 1. The lowest BCUT2D eigenvalue weighted by molar-refractivity contribution is 0.0994. The summed E-state index contributed by atoms with van der Waals surface area (Å²) in [4.78, 5) is 33.3. The standard InChI is InChI=1S/C23H20FN7O2.H2/c1-12-5-4-8-26-19(12)15-10-27-23(28-11-15)31-21(25)17-9-16(6-7-18(17)24)30-22(32)20-13(2)29-14(3)33-20;/h4-11H,1-3H3,(H,30,32)(H2,25,27,28,31);1H. The Morgan fingerprint density at radius 2 is 1.91 bits per heavy atom. The zero-order valence-corrected chi connectivity index (χ0v) is 18.1. The highest BCUT2D eigenvalue weighted by Crippen LogP contribution is 2.21. The summed E-state index contributed by atoms with van der Waals surface area (Å²) < 4.78 is 19.7. The molecule has 0 fully saturated rings. The minimum atomic E-state index is -0.610. The predicted molar refractivity (Wildman–Crippen MR) is 123 cm³/mol. The number of aryl methyl sites for hydroxylation is 3. The Bertz CT molecular complexity index is 1370. The van der Waals surface area contributed by atoms with E-state index in [-0.39, 0.29) is 24.5 Å². The van der Waals surface area contributed by atoms with Crippen molar-refractivity contribution in [2.24, 2.45) is 10.7 Å². The van der Waals surface area contributed by atoms with Gasteiger partial charge in [0, 0.05) is 38.2 Å². The molecule has 0 saturated heterocycles. The number of amides is 1. The number of oxazole rings is 1. The van der Waals surface area contributed by atoms with E-state index in [4.69, 9.17) is 10.2 Å². The fourth-order valence-corrected chi connectivity index (χ4v) is 3.19. The van der Waals surface area contributed by atoms with Crippen LogP contribution in [-0.2, 0) is 0 Å². The molecule has 0 spiro atoms. The van der Waals surface area contributed by atoms with Crippen molar-refractivity contribution in [1.82, 2.24) is 19.9 Å². The molecule has 3 N–H and O–H groups in total. The van der Waals surface area contributed by atoms with Gasteiger partial charge >= 0.3 is 0 Å². The van der Waals surface area contributed by atoms with Gasteiger partial charge in [-0.1, -0.05) is 6.07 Å². The summed E-state index contributed by atoms with van der Waals surface area (Å²) >= 11 is 0. The molecule has 1 aromatic carbocycles. The minimum absolute atomic E-state index is 0.